The van der Waals surface area contributed by atoms with E-state index in [0.29, 0.717) is 6.42 Å². The van der Waals surface area contributed by atoms with Gasteiger partial charge in [-0.2, -0.15) is 0 Å². The summed E-state index contributed by atoms with van der Waals surface area (Å²) in [6.07, 6.45) is 3.16. The average Bonchev–Trinajstić information content (AvgIpc) is 2.58. The quantitative estimate of drug-likeness (QED) is 0.828. The maximum Gasteiger partial charge on any atom is 0.125 e. The van der Waals surface area contributed by atoms with Gasteiger partial charge in [0.2, 0.25) is 0 Å². The number of phenols is 1. The van der Waals surface area contributed by atoms with E-state index in [1.165, 1.54) is 0 Å². The van der Waals surface area contributed by atoms with E-state index in [-0.39, 0.29) is 5.75 Å². The molecule has 0 saturated carbocycles. The molecule has 1 saturated heterocycles. The largest absolute Gasteiger partial charge is 0.507 e. The summed E-state index contributed by atoms with van der Waals surface area (Å²) in [6.45, 7) is 0.304. The molecule has 2 aromatic rings. The highest BCUT2D eigenvalue weighted by Gasteiger charge is 2.14. The number of phenolic OH excluding ortho intramolecular Hbond substituents is 1. The van der Waals surface area contributed by atoms with E-state index >= 15 is 0 Å². The van der Waals surface area contributed by atoms with E-state index in [9.17, 15) is 5.11 Å². The van der Waals surface area contributed by atoms with Crippen molar-refractivity contribution in [3.8, 4) is 5.75 Å². The Morgan fingerprint density at radius 3 is 3.06 bits per heavy atom. The lowest BCUT2D eigenvalue weighted by Crippen LogP contribution is -2.38. The first-order valence-corrected chi connectivity index (χ1v) is 5.61. The van der Waals surface area contributed by atoms with Crippen molar-refractivity contribution in [2.45, 2.75) is 12.8 Å². The molecular formula is C13H16N2O. The monoisotopic (exact) mass is 218 g/mol. The molecular weight excluding hydrogens is 200 g/mol. The number of aryl methyl sites for hydroxylation is 1. The first-order chi connectivity index (χ1) is 8.58. The Bertz CT molecular complexity index is 575. The van der Waals surface area contributed by atoms with Crippen molar-refractivity contribution < 1.29 is 7.85 Å². The minimum Gasteiger partial charge on any atom is -0.507 e. The van der Waals surface area contributed by atoms with Gasteiger partial charge in [0.25, 0.3) is 0 Å². The summed E-state index contributed by atoms with van der Waals surface area (Å²) in [5, 5.41) is 10.6. The molecule has 0 radical (unpaired) electrons. The number of rotatable bonds is 3. The molecule has 3 rings (SSSR count). The molecule has 0 spiro atoms. The third-order valence-electron chi connectivity index (χ3n) is 3.11. The van der Waals surface area contributed by atoms with Gasteiger partial charge in [-0.15, -0.1) is 0 Å². The van der Waals surface area contributed by atoms with E-state index < -0.39 is 6.50 Å². The first-order valence-electron chi connectivity index (χ1n) is 6.61. The lowest BCUT2D eigenvalue weighted by Gasteiger charge is -2.30. The van der Waals surface area contributed by atoms with Crippen LogP contribution in [0.3, 0.4) is 0 Å². The Labute approximate surface area is 97.5 Å². The zero-order chi connectivity index (χ0) is 12.8. The predicted molar refractivity (Wildman–Crippen MR) is 64.7 cm³/mol. The van der Waals surface area contributed by atoms with Crippen LogP contribution in [0.5, 0.6) is 5.75 Å². The normalized spacial score (nSPS) is 19.2. The number of hydrogen-bond donors (Lipinski definition) is 2. The molecule has 0 atom stereocenters. The van der Waals surface area contributed by atoms with Gasteiger partial charge >= 0.3 is 0 Å². The molecule has 3 heteroatoms. The Kier molecular flexibility index (Phi) is 1.85. The molecule has 2 heterocycles. The van der Waals surface area contributed by atoms with Gasteiger partial charge in [-0.05, 0) is 43.6 Å². The lowest BCUT2D eigenvalue weighted by atomic mass is 10.1. The van der Waals surface area contributed by atoms with Crippen LogP contribution in [-0.4, -0.2) is 34.6 Å². The highest BCUT2D eigenvalue weighted by atomic mass is 16.3. The van der Waals surface area contributed by atoms with Gasteiger partial charge < -0.3 is 15.0 Å². The number of nitrogens with zero attached hydrogens (tertiary/aromatic N) is 1. The number of aromatic amines is 1. The number of hydrogen-bond acceptors (Lipinski definition) is 2. The molecule has 1 aromatic carbocycles. The molecule has 1 aromatic heterocycles. The third kappa shape index (κ3) is 1.57. The van der Waals surface area contributed by atoms with Crippen LogP contribution in [0.1, 0.15) is 14.7 Å². The second-order valence-corrected chi connectivity index (χ2v) is 4.19. The molecule has 1 aliphatic rings. The molecule has 84 valence electrons. The summed E-state index contributed by atoms with van der Waals surface area (Å²) in [5.41, 5.74) is 1.68. The summed E-state index contributed by atoms with van der Waals surface area (Å²) in [4.78, 5) is 4.92. The van der Waals surface area contributed by atoms with Crippen molar-refractivity contribution in [3.63, 3.8) is 0 Å². The third-order valence-corrected chi connectivity index (χ3v) is 3.11. The Morgan fingerprint density at radius 2 is 2.31 bits per heavy atom. The Hall–Kier alpha value is -1.48. The second-order valence-electron chi connectivity index (χ2n) is 4.19. The van der Waals surface area contributed by atoms with Crippen molar-refractivity contribution in [2.24, 2.45) is 0 Å². The van der Waals surface area contributed by atoms with Crippen molar-refractivity contribution in [3.05, 3.63) is 30.0 Å². The number of fused-ring (bicyclic) bond motifs is 1. The molecule has 16 heavy (non-hydrogen) atoms. The maximum absolute atomic E-state index is 9.89. The van der Waals surface area contributed by atoms with Gasteiger partial charge in [0.05, 0.1) is 0 Å². The van der Waals surface area contributed by atoms with Gasteiger partial charge in [0.15, 0.2) is 0 Å². The second kappa shape index (κ2) is 3.83. The van der Waals surface area contributed by atoms with Crippen molar-refractivity contribution in [2.75, 3.05) is 19.6 Å². The number of aromatic hydroxyl groups is 1. The number of H-pyrrole nitrogens is 1. The first kappa shape index (κ1) is 7.74. The maximum atomic E-state index is 9.89. The molecule has 0 aliphatic carbocycles. The van der Waals surface area contributed by atoms with Crippen LogP contribution in [0.4, 0.5) is 0 Å². The Balaban J connectivity index is 1.95. The van der Waals surface area contributed by atoms with E-state index in [1.54, 1.807) is 18.3 Å². The van der Waals surface area contributed by atoms with Crippen LogP contribution in [0.15, 0.2) is 24.4 Å². The van der Waals surface area contributed by atoms with E-state index in [4.69, 9.17) is 2.74 Å². The molecule has 0 bridgehead atoms. The van der Waals surface area contributed by atoms with Crippen molar-refractivity contribution >= 4 is 10.9 Å². The Morgan fingerprint density at radius 1 is 1.44 bits per heavy atom. The predicted octanol–water partition coefficient (Wildman–Crippen LogP) is 2.12. The number of nitrogens with one attached hydrogen (secondary N) is 1. The van der Waals surface area contributed by atoms with E-state index in [1.807, 2.05) is 11.0 Å². The van der Waals surface area contributed by atoms with Crippen LogP contribution in [0.2, 0.25) is 0 Å². The number of likely N-dealkylation sites (tertiary alicyclic amines) is 1. The van der Waals surface area contributed by atoms with Crippen LogP contribution in [-0.2, 0) is 6.42 Å². The highest BCUT2D eigenvalue weighted by Crippen LogP contribution is 2.28. The lowest BCUT2D eigenvalue weighted by molar-refractivity contribution is 0.184. The summed E-state index contributed by atoms with van der Waals surface area (Å²) in [5.74, 6) is 0.211. The average molecular weight is 218 g/mol. The van der Waals surface area contributed by atoms with Gasteiger partial charge in [0.1, 0.15) is 5.75 Å². The molecule has 0 amide bonds. The fourth-order valence-corrected chi connectivity index (χ4v) is 2.05. The molecule has 3 nitrogen and oxygen atoms in total. The molecule has 1 fully saturated rings. The van der Waals surface area contributed by atoms with Gasteiger partial charge in [-0.1, -0.05) is 6.07 Å². The summed E-state index contributed by atoms with van der Waals surface area (Å²) in [6, 6.07) is 5.30. The SMILES string of the molecule is [2H]C([2H])(Cc1c[nH]c2cccc(O)c12)N1CCC1. The summed E-state index contributed by atoms with van der Waals surface area (Å²) in [7, 11) is 0. The van der Waals surface area contributed by atoms with Gasteiger partial charge in [0, 0.05) is 26.3 Å². The zero-order valence-corrected chi connectivity index (χ0v) is 9.03. The van der Waals surface area contributed by atoms with Gasteiger partial charge in [-0.3, -0.25) is 0 Å². The highest BCUT2D eigenvalue weighted by molar-refractivity contribution is 5.88. The van der Waals surface area contributed by atoms with Crippen LogP contribution in [0, 0.1) is 0 Å². The van der Waals surface area contributed by atoms with Crippen LogP contribution < -0.4 is 0 Å². The zero-order valence-electron chi connectivity index (χ0n) is 11.0. The van der Waals surface area contributed by atoms with Crippen molar-refractivity contribution in [1.29, 1.82) is 0 Å². The molecule has 0 unspecified atom stereocenters. The number of aromatic nitrogens is 1. The van der Waals surface area contributed by atoms with Gasteiger partial charge in [-0.25, -0.2) is 0 Å². The summed E-state index contributed by atoms with van der Waals surface area (Å²) >= 11 is 0. The molecule has 2 N–H and O–H groups in total. The summed E-state index contributed by atoms with van der Waals surface area (Å²) < 4.78 is 16.2. The van der Waals surface area contributed by atoms with Crippen LogP contribution >= 0.6 is 0 Å². The number of benzene rings is 1. The minimum atomic E-state index is -1.34. The van der Waals surface area contributed by atoms with Crippen molar-refractivity contribution in [1.82, 2.24) is 9.88 Å². The fraction of sp³-hybridized carbons (Fsp3) is 0.385. The fourth-order valence-electron chi connectivity index (χ4n) is 2.05. The van der Waals surface area contributed by atoms with E-state index in [0.717, 1.165) is 36.0 Å². The topological polar surface area (TPSA) is 39.3 Å². The van der Waals surface area contributed by atoms with E-state index in [2.05, 4.69) is 4.98 Å². The standard InChI is InChI=1S/C13H16N2O/c16-12-4-1-3-11-13(12)10(9-14-11)5-8-15-6-2-7-15/h1,3-4,9,14,16H,2,5-8H2/i8D2. The minimum absolute atomic E-state index is 0.211. The smallest absolute Gasteiger partial charge is 0.125 e. The van der Waals surface area contributed by atoms with Crippen LogP contribution in [0.25, 0.3) is 10.9 Å². The molecule has 1 aliphatic heterocycles.